The van der Waals surface area contributed by atoms with Crippen molar-refractivity contribution in [3.63, 3.8) is 0 Å². The zero-order valence-corrected chi connectivity index (χ0v) is 35.2. The Labute approximate surface area is 333 Å². The van der Waals surface area contributed by atoms with Crippen molar-refractivity contribution in [1.82, 2.24) is 38.2 Å². The summed E-state index contributed by atoms with van der Waals surface area (Å²) < 4.78 is 5.66. The molecule has 5 aromatic rings. The zero-order chi connectivity index (χ0) is 44.2. The number of carbonyl (C=O) groups is 1. The van der Waals surface area contributed by atoms with Crippen LogP contribution in [0.3, 0.4) is 0 Å². The average Bonchev–Trinajstić information content (AvgIpc) is 3.73. The van der Waals surface area contributed by atoms with Gasteiger partial charge in [0, 0.05) is 72.6 Å². The Balaban J connectivity index is 0.000000282. The number of nitrogens with one attached hydrogen (secondary N) is 4. The summed E-state index contributed by atoms with van der Waals surface area (Å²) in [7, 11) is 4.88. The Bertz CT molecular complexity index is 2480. The molecule has 58 heavy (non-hydrogen) atoms. The Hall–Kier alpha value is -6.65. The molecule has 4 heterocycles. The van der Waals surface area contributed by atoms with Crippen LogP contribution < -0.4 is 45.0 Å². The molecule has 4 aromatic heterocycles. The molecule has 1 aliphatic rings. The number of hydrogen-bond donors (Lipinski definition) is 4. The third-order valence-corrected chi connectivity index (χ3v) is 9.96. The Morgan fingerprint density at radius 2 is 0.862 bits per heavy atom. The lowest BCUT2D eigenvalue weighted by Crippen LogP contribution is -2.37. The van der Waals surface area contributed by atoms with Gasteiger partial charge in [-0.3, -0.25) is 48.5 Å². The molecule has 0 saturated heterocycles. The fourth-order valence-corrected chi connectivity index (χ4v) is 5.47. The van der Waals surface area contributed by atoms with Gasteiger partial charge in [-0.25, -0.2) is 19.2 Å². The minimum absolute atomic E-state index is 0.192. The van der Waals surface area contributed by atoms with Crippen molar-refractivity contribution in [1.29, 1.82) is 0 Å². The van der Waals surface area contributed by atoms with Gasteiger partial charge in [-0.15, -0.1) is 0 Å². The highest BCUT2D eigenvalue weighted by Gasteiger charge is 2.22. The molecule has 0 unspecified atom stereocenters. The molecule has 0 aliphatic heterocycles. The van der Waals surface area contributed by atoms with Gasteiger partial charge in [-0.05, 0) is 67.2 Å². The van der Waals surface area contributed by atoms with E-state index in [2.05, 4.69) is 32.1 Å². The quantitative estimate of drug-likeness (QED) is 0.154. The second-order valence-corrected chi connectivity index (χ2v) is 13.4. The first-order valence-corrected chi connectivity index (χ1v) is 18.6. The van der Waals surface area contributed by atoms with E-state index in [-0.39, 0.29) is 56.7 Å². The summed E-state index contributed by atoms with van der Waals surface area (Å²) in [6, 6.07) is 8.72. The molecule has 0 bridgehead atoms. The second-order valence-electron chi connectivity index (χ2n) is 13.4. The Kier molecular flexibility index (Phi) is 17.2. The molecule has 0 amide bonds. The van der Waals surface area contributed by atoms with Crippen LogP contribution in [0.1, 0.15) is 82.1 Å². The van der Waals surface area contributed by atoms with Crippen LogP contribution in [0.5, 0.6) is 0 Å². The van der Waals surface area contributed by atoms with Crippen LogP contribution in [0.4, 0.5) is 0 Å². The number of hydrogen-bond acceptors (Lipinski definition) is 9. The molecule has 1 aromatic carbocycles. The molecule has 17 nitrogen and oxygen atoms in total. The van der Waals surface area contributed by atoms with Gasteiger partial charge in [0.2, 0.25) is 5.78 Å². The fraction of sp³-hybridized carbons (Fsp3) is 0.390. The van der Waals surface area contributed by atoms with Gasteiger partial charge >= 0.3 is 22.8 Å². The first kappa shape index (κ1) is 47.5. The van der Waals surface area contributed by atoms with E-state index in [4.69, 9.17) is 0 Å². The van der Waals surface area contributed by atoms with Crippen molar-refractivity contribution in [3.8, 4) is 0 Å². The summed E-state index contributed by atoms with van der Waals surface area (Å²) in [6.07, 6.45) is 5.91. The molecule has 0 saturated carbocycles. The van der Waals surface area contributed by atoms with Crippen LogP contribution in [0.15, 0.2) is 80.8 Å². The van der Waals surface area contributed by atoms with Crippen LogP contribution in [0, 0.1) is 54.4 Å². The lowest BCUT2D eigenvalue weighted by molar-refractivity contribution is 0.102. The van der Waals surface area contributed by atoms with Gasteiger partial charge in [-0.1, -0.05) is 56.3 Å². The lowest BCUT2D eigenvalue weighted by atomic mass is 10.0. The van der Waals surface area contributed by atoms with E-state index < -0.39 is 11.2 Å². The van der Waals surface area contributed by atoms with Crippen LogP contribution in [-0.2, 0) is 27.7 Å². The van der Waals surface area contributed by atoms with Crippen LogP contribution in [0.25, 0.3) is 0 Å². The van der Waals surface area contributed by atoms with Crippen LogP contribution >= 0.6 is 0 Å². The largest absolute Gasteiger partial charge is 0.328 e. The molecular weight excluding hydrogens is 748 g/mol. The van der Waals surface area contributed by atoms with Gasteiger partial charge in [0.05, 0.1) is 0 Å². The van der Waals surface area contributed by atoms with Gasteiger partial charge in [0.25, 0.3) is 22.2 Å². The molecule has 0 spiro atoms. The molecule has 1 aliphatic carbocycles. The van der Waals surface area contributed by atoms with E-state index in [1.54, 1.807) is 93.9 Å². The number of benzene rings is 1. The van der Waals surface area contributed by atoms with Crippen LogP contribution in [0.2, 0.25) is 0 Å². The monoisotopic (exact) mass is 802 g/mol. The van der Waals surface area contributed by atoms with Gasteiger partial charge in [-0.2, -0.15) is 0 Å². The standard InChI is InChI=1S/C18H18N2O3.3C7H10N2O2.C2H6/c1-12-15(16(21)14-9-3-2-4-10-14)20(18(23)19-17(12)22)11-13-7-5-6-8-13;3*1-4-5(2)9(3)7(11)8-6(4)10;1-2/h2-6,9-10,13H,7-8,11H2,1H3,(H,19,22,23);3*1-3H3,(H,8,10,11);1-2H3. The van der Waals surface area contributed by atoms with Gasteiger partial charge in [0.1, 0.15) is 5.69 Å². The normalized spacial score (nSPS) is 11.5. The Morgan fingerprint density at radius 1 is 0.534 bits per heavy atom. The van der Waals surface area contributed by atoms with E-state index in [9.17, 15) is 43.2 Å². The molecule has 6 rings (SSSR count). The van der Waals surface area contributed by atoms with Crippen LogP contribution in [-0.4, -0.2) is 44.0 Å². The number of rotatable bonds is 4. The first-order valence-electron chi connectivity index (χ1n) is 18.6. The summed E-state index contributed by atoms with van der Waals surface area (Å²) in [4.78, 5) is 112. The first-order chi connectivity index (χ1) is 27.2. The number of allylic oxidation sites excluding steroid dienone is 2. The molecule has 0 radical (unpaired) electrons. The number of aromatic amines is 4. The van der Waals surface area contributed by atoms with E-state index in [1.807, 2.05) is 19.9 Å². The summed E-state index contributed by atoms with van der Waals surface area (Å²) in [6.45, 7) is 16.3. The third-order valence-electron chi connectivity index (χ3n) is 9.96. The predicted molar refractivity (Wildman–Crippen MR) is 224 cm³/mol. The number of aromatic nitrogens is 8. The molecule has 312 valence electrons. The second kappa shape index (κ2) is 21.0. The van der Waals surface area contributed by atoms with Gasteiger partial charge < -0.3 is 13.7 Å². The van der Waals surface area contributed by atoms with E-state index in [0.717, 1.165) is 12.8 Å². The molecular formula is C41H54N8O9. The van der Waals surface area contributed by atoms with Crippen molar-refractivity contribution in [2.24, 2.45) is 27.1 Å². The number of nitrogens with zero attached hydrogens (tertiary/aromatic N) is 4. The zero-order valence-electron chi connectivity index (χ0n) is 35.2. The summed E-state index contributed by atoms with van der Waals surface area (Å²) in [5.74, 6) is -0.0161. The molecule has 0 fully saturated rings. The lowest BCUT2D eigenvalue weighted by Gasteiger charge is -2.17. The summed E-state index contributed by atoms with van der Waals surface area (Å²) in [5.41, 5.74) is 1.82. The van der Waals surface area contributed by atoms with Crippen molar-refractivity contribution >= 4 is 5.78 Å². The summed E-state index contributed by atoms with van der Waals surface area (Å²) in [5, 5.41) is 0. The third kappa shape index (κ3) is 11.5. The van der Waals surface area contributed by atoms with Gasteiger partial charge in [0.15, 0.2) is 0 Å². The maximum atomic E-state index is 12.8. The van der Waals surface area contributed by atoms with Crippen molar-refractivity contribution < 1.29 is 4.79 Å². The topological polar surface area (TPSA) is 237 Å². The number of ketones is 1. The van der Waals surface area contributed by atoms with E-state index in [0.29, 0.717) is 45.9 Å². The molecule has 17 heteroatoms. The number of carbonyl (C=O) groups excluding carboxylic acids is 1. The number of H-pyrrole nitrogens is 4. The molecule has 4 N–H and O–H groups in total. The highest BCUT2D eigenvalue weighted by Crippen LogP contribution is 2.20. The maximum Gasteiger partial charge on any atom is 0.328 e. The predicted octanol–water partition coefficient (Wildman–Crippen LogP) is 2.14. The Morgan fingerprint density at radius 3 is 1.22 bits per heavy atom. The smallest absolute Gasteiger partial charge is 0.301 e. The fourth-order valence-electron chi connectivity index (χ4n) is 5.47. The SMILES string of the molecule is CC.Cc1c(C(=O)c2ccccc2)n(CC2CC=CC2)c(=O)[nH]c1=O.Cc1c(C)n(C)c(=O)[nH]c1=O.Cc1c(C)n(C)c(=O)[nH]c1=O.Cc1c(C)n(C)c(=O)[nH]c1=O. The van der Waals surface area contributed by atoms with Crippen molar-refractivity contribution in [3.05, 3.63) is 176 Å². The minimum atomic E-state index is -0.521. The van der Waals surface area contributed by atoms with Crippen molar-refractivity contribution in [2.45, 2.75) is 81.7 Å². The average molecular weight is 803 g/mol. The summed E-state index contributed by atoms with van der Waals surface area (Å²) >= 11 is 0. The molecule has 0 atom stereocenters. The van der Waals surface area contributed by atoms with E-state index in [1.165, 1.54) is 18.3 Å². The minimum Gasteiger partial charge on any atom is -0.301 e. The highest BCUT2D eigenvalue weighted by molar-refractivity contribution is 6.08. The maximum absolute atomic E-state index is 12.8. The van der Waals surface area contributed by atoms with E-state index >= 15 is 0 Å². The highest BCUT2D eigenvalue weighted by atomic mass is 16.2. The van der Waals surface area contributed by atoms with Crippen molar-refractivity contribution in [2.75, 3.05) is 0 Å².